The van der Waals surface area contributed by atoms with Gasteiger partial charge in [-0.2, -0.15) is 0 Å². The van der Waals surface area contributed by atoms with Crippen LogP contribution in [0.5, 0.6) is 0 Å². The van der Waals surface area contributed by atoms with Gasteiger partial charge in [-0.3, -0.25) is 4.79 Å². The number of amides is 1. The molecule has 5 nitrogen and oxygen atoms in total. The van der Waals surface area contributed by atoms with Crippen molar-refractivity contribution in [3.05, 3.63) is 69.9 Å². The fourth-order valence-electron chi connectivity index (χ4n) is 2.87. The van der Waals surface area contributed by atoms with Gasteiger partial charge < -0.3 is 15.3 Å². The average Bonchev–Trinajstić information content (AvgIpc) is 2.93. The highest BCUT2D eigenvalue weighted by atomic mass is 19.1. The van der Waals surface area contributed by atoms with Crippen molar-refractivity contribution in [2.45, 2.75) is 26.3 Å². The topological polar surface area (TPSA) is 77.8 Å². The zero-order valence-corrected chi connectivity index (χ0v) is 14.1. The lowest BCUT2D eigenvalue weighted by atomic mass is 9.99. The number of imidazole rings is 1. The molecule has 0 unspecified atom stereocenters. The maximum absolute atomic E-state index is 13.3. The number of carbonyl (C=O) groups excluding carboxylic acids is 1. The van der Waals surface area contributed by atoms with Crippen LogP contribution in [0.4, 0.5) is 4.39 Å². The van der Waals surface area contributed by atoms with E-state index in [0.717, 1.165) is 16.6 Å². The Balaban J connectivity index is 1.67. The molecule has 3 N–H and O–H groups in total. The minimum Gasteiger partial charge on any atom is -0.349 e. The van der Waals surface area contributed by atoms with Gasteiger partial charge >= 0.3 is 5.69 Å². The highest BCUT2D eigenvalue weighted by Gasteiger charge is 2.17. The van der Waals surface area contributed by atoms with E-state index in [9.17, 15) is 14.0 Å². The van der Waals surface area contributed by atoms with E-state index in [1.165, 1.54) is 12.1 Å². The summed E-state index contributed by atoms with van der Waals surface area (Å²) in [6.07, 6.45) is 0.473. The van der Waals surface area contributed by atoms with Gasteiger partial charge in [0.15, 0.2) is 0 Å². The number of aromatic nitrogens is 2. The Morgan fingerprint density at radius 1 is 1.12 bits per heavy atom. The zero-order valence-electron chi connectivity index (χ0n) is 14.1. The molecule has 1 aromatic heterocycles. The maximum Gasteiger partial charge on any atom is 0.323 e. The van der Waals surface area contributed by atoms with Crippen molar-refractivity contribution in [3.8, 4) is 0 Å². The zero-order chi connectivity index (χ0) is 18.0. The van der Waals surface area contributed by atoms with E-state index in [2.05, 4.69) is 15.3 Å². The summed E-state index contributed by atoms with van der Waals surface area (Å²) in [5.74, 6) is -0.674. The fourth-order valence-corrected chi connectivity index (χ4v) is 2.87. The summed E-state index contributed by atoms with van der Waals surface area (Å²) in [7, 11) is 0. The number of carbonyl (C=O) groups is 1. The Labute approximate surface area is 144 Å². The predicted molar refractivity (Wildman–Crippen MR) is 94.7 cm³/mol. The summed E-state index contributed by atoms with van der Waals surface area (Å²) in [6, 6.07) is 11.6. The molecule has 0 aliphatic carbocycles. The van der Waals surface area contributed by atoms with E-state index in [0.29, 0.717) is 11.9 Å². The number of halogens is 1. The van der Waals surface area contributed by atoms with E-state index in [4.69, 9.17) is 0 Å². The molecule has 1 heterocycles. The van der Waals surface area contributed by atoms with Gasteiger partial charge in [0.1, 0.15) is 5.82 Å². The summed E-state index contributed by atoms with van der Waals surface area (Å²) < 4.78 is 13.3. The molecule has 0 saturated heterocycles. The number of benzene rings is 2. The van der Waals surface area contributed by atoms with Crippen molar-refractivity contribution in [1.82, 2.24) is 15.3 Å². The molecule has 130 valence electrons. The Morgan fingerprint density at radius 3 is 2.64 bits per heavy atom. The summed E-state index contributed by atoms with van der Waals surface area (Å²) in [4.78, 5) is 29.1. The van der Waals surface area contributed by atoms with Gasteiger partial charge in [0.05, 0.1) is 17.1 Å². The monoisotopic (exact) mass is 341 g/mol. The lowest BCUT2D eigenvalue weighted by molar-refractivity contribution is -0.125. The normalized spacial score (nSPS) is 13.6. The van der Waals surface area contributed by atoms with Crippen LogP contribution < -0.4 is 11.0 Å². The highest BCUT2D eigenvalue weighted by Crippen LogP contribution is 2.18. The first-order valence-electron chi connectivity index (χ1n) is 8.19. The number of hydrogen-bond acceptors (Lipinski definition) is 2. The first-order valence-corrected chi connectivity index (χ1v) is 8.19. The number of rotatable bonds is 5. The van der Waals surface area contributed by atoms with Crippen molar-refractivity contribution >= 4 is 16.9 Å². The summed E-state index contributed by atoms with van der Waals surface area (Å²) in [5.41, 5.74) is 2.87. The Kier molecular flexibility index (Phi) is 4.70. The molecule has 0 radical (unpaired) electrons. The average molecular weight is 341 g/mol. The second-order valence-electron chi connectivity index (χ2n) is 6.35. The molecule has 3 aromatic rings. The van der Waals surface area contributed by atoms with Gasteiger partial charge in [-0.1, -0.05) is 25.1 Å². The predicted octanol–water partition coefficient (Wildman–Crippen LogP) is 3.05. The molecule has 6 heteroatoms. The third-order valence-corrected chi connectivity index (χ3v) is 4.28. The van der Waals surface area contributed by atoms with Gasteiger partial charge in [0.2, 0.25) is 5.91 Å². The first kappa shape index (κ1) is 17.0. The largest absolute Gasteiger partial charge is 0.349 e. The van der Waals surface area contributed by atoms with E-state index in [1.54, 1.807) is 12.1 Å². The van der Waals surface area contributed by atoms with Crippen molar-refractivity contribution in [1.29, 1.82) is 0 Å². The SMILES string of the molecule is C[C@@H](Cc1cccc(F)c1)C(=O)N[C@H](C)c1ccc2[nH]c(=O)[nH]c2c1. The number of H-pyrrole nitrogens is 2. The molecule has 1 amide bonds. The van der Waals surface area contributed by atoms with Crippen LogP contribution in [-0.4, -0.2) is 15.9 Å². The molecule has 0 spiro atoms. The third kappa shape index (κ3) is 3.96. The van der Waals surface area contributed by atoms with Crippen LogP contribution in [-0.2, 0) is 11.2 Å². The highest BCUT2D eigenvalue weighted by molar-refractivity contribution is 5.79. The Hall–Kier alpha value is -2.89. The second-order valence-corrected chi connectivity index (χ2v) is 6.35. The lowest BCUT2D eigenvalue weighted by Crippen LogP contribution is -2.32. The minimum absolute atomic E-state index is 0.0978. The molecule has 2 atom stereocenters. The van der Waals surface area contributed by atoms with E-state index >= 15 is 0 Å². The molecule has 0 fully saturated rings. The number of nitrogens with one attached hydrogen (secondary N) is 3. The first-order chi connectivity index (χ1) is 11.9. The van der Waals surface area contributed by atoms with Gasteiger partial charge in [0, 0.05) is 5.92 Å². The molecule has 0 bridgehead atoms. The van der Waals surface area contributed by atoms with Crippen LogP contribution in [0.3, 0.4) is 0 Å². The smallest absolute Gasteiger partial charge is 0.323 e. The van der Waals surface area contributed by atoms with Crippen molar-refractivity contribution in [2.24, 2.45) is 5.92 Å². The molecular weight excluding hydrogens is 321 g/mol. The van der Waals surface area contributed by atoms with Crippen LogP contribution in [0.2, 0.25) is 0 Å². The van der Waals surface area contributed by atoms with Gasteiger partial charge in [-0.25, -0.2) is 9.18 Å². The van der Waals surface area contributed by atoms with Crippen LogP contribution in [0, 0.1) is 11.7 Å². The molecule has 0 aliphatic rings. The van der Waals surface area contributed by atoms with Crippen LogP contribution in [0.1, 0.15) is 31.0 Å². The number of fused-ring (bicyclic) bond motifs is 1. The number of aromatic amines is 2. The van der Waals surface area contributed by atoms with Gasteiger partial charge in [0.25, 0.3) is 0 Å². The van der Waals surface area contributed by atoms with Gasteiger partial charge in [-0.05, 0) is 48.7 Å². The molecular formula is C19H20FN3O2. The molecule has 25 heavy (non-hydrogen) atoms. The summed E-state index contributed by atoms with van der Waals surface area (Å²) >= 11 is 0. The van der Waals surface area contributed by atoms with Crippen molar-refractivity contribution in [3.63, 3.8) is 0 Å². The fraction of sp³-hybridized carbons (Fsp3) is 0.263. The van der Waals surface area contributed by atoms with Crippen LogP contribution in [0.15, 0.2) is 47.3 Å². The molecule has 0 saturated carbocycles. The second kappa shape index (κ2) is 6.93. The Bertz CT molecular complexity index is 960. The van der Waals surface area contributed by atoms with E-state index in [1.807, 2.05) is 32.0 Å². The van der Waals surface area contributed by atoms with Crippen LogP contribution >= 0.6 is 0 Å². The maximum atomic E-state index is 13.3. The van der Waals surface area contributed by atoms with Crippen molar-refractivity contribution in [2.75, 3.05) is 0 Å². The number of hydrogen-bond donors (Lipinski definition) is 3. The molecule has 0 aliphatic heterocycles. The molecule has 2 aromatic carbocycles. The minimum atomic E-state index is -0.299. The van der Waals surface area contributed by atoms with Crippen molar-refractivity contribution < 1.29 is 9.18 Å². The van der Waals surface area contributed by atoms with E-state index in [-0.39, 0.29) is 29.4 Å². The van der Waals surface area contributed by atoms with Crippen LogP contribution in [0.25, 0.3) is 11.0 Å². The summed E-state index contributed by atoms with van der Waals surface area (Å²) in [5, 5.41) is 2.97. The Morgan fingerprint density at radius 2 is 1.88 bits per heavy atom. The third-order valence-electron chi connectivity index (χ3n) is 4.28. The summed E-state index contributed by atoms with van der Waals surface area (Å²) in [6.45, 7) is 3.71. The lowest BCUT2D eigenvalue weighted by Gasteiger charge is -2.18. The van der Waals surface area contributed by atoms with E-state index < -0.39 is 0 Å². The standard InChI is InChI=1S/C19H20FN3O2/c1-11(8-13-4-3-5-15(20)9-13)18(24)21-12(2)14-6-7-16-17(10-14)23-19(25)22-16/h3-7,9-12H,8H2,1-2H3,(H,21,24)(H2,22,23,25)/t11-,12+/m0/s1. The quantitative estimate of drug-likeness (QED) is 0.667. The van der Waals surface area contributed by atoms with Gasteiger partial charge in [-0.15, -0.1) is 0 Å². The molecule has 3 rings (SSSR count).